The molecule has 212 valence electrons. The largest absolute Gasteiger partial charge is 0.393 e. The smallest absolute Gasteiger partial charge is 0.276 e. The number of hydrogen-bond acceptors (Lipinski definition) is 7. The number of anilines is 2. The third-order valence-corrected chi connectivity index (χ3v) is 6.15. The Morgan fingerprint density at radius 3 is 2.40 bits per heavy atom. The number of hydrogen-bond donors (Lipinski definition) is 4. The Morgan fingerprint density at radius 1 is 1.02 bits per heavy atom. The number of piperidine rings is 1. The molecule has 3 aromatic heterocycles. The first kappa shape index (κ1) is 31.9. The quantitative estimate of drug-likeness (QED) is 0.224. The average molecular weight is 544 g/mol. The molecule has 40 heavy (non-hydrogen) atoms. The molecule has 0 unspecified atom stereocenters. The minimum Gasteiger partial charge on any atom is -0.393 e. The van der Waals surface area contributed by atoms with Crippen molar-refractivity contribution in [2.75, 3.05) is 30.8 Å². The minimum atomic E-state index is -0.304. The summed E-state index contributed by atoms with van der Waals surface area (Å²) in [5, 5.41) is 23.5. The van der Waals surface area contributed by atoms with Gasteiger partial charge in [-0.2, -0.15) is 5.10 Å². The number of aliphatic hydroxyl groups is 1. The maximum atomic E-state index is 12.9. The van der Waals surface area contributed by atoms with Crippen LogP contribution in [0.5, 0.6) is 0 Å². The standard InChI is InChI=1S/C25H27N7O2.C2H6.2C2H4/c1-26-23-5-3-19(14-28-23)29-25(34)24-21-11-17(2-4-22(21)30-31-24)18-10-16(12-27-13-18)15-32-8-6-20(33)7-9-32;3*1-2/h2-5,10-14,20,33H,6-9,15H2,1H3,(H,26,28)(H,29,34)(H,30,31);1-2H3;2*1-2H2. The number of likely N-dealkylation sites (tertiary alicyclic amines) is 1. The molecule has 1 saturated heterocycles. The summed E-state index contributed by atoms with van der Waals surface area (Å²) < 4.78 is 0. The van der Waals surface area contributed by atoms with Crippen LogP contribution < -0.4 is 10.6 Å². The second-order valence-electron chi connectivity index (χ2n) is 8.56. The molecular formula is C31H41N7O2. The number of pyridine rings is 2. The molecule has 1 amide bonds. The molecule has 1 fully saturated rings. The van der Waals surface area contributed by atoms with Gasteiger partial charge < -0.3 is 15.7 Å². The van der Waals surface area contributed by atoms with Crippen LogP contribution in [0, 0.1) is 0 Å². The maximum absolute atomic E-state index is 12.9. The van der Waals surface area contributed by atoms with Gasteiger partial charge in [0, 0.05) is 50.0 Å². The van der Waals surface area contributed by atoms with Gasteiger partial charge in [0.2, 0.25) is 0 Å². The highest BCUT2D eigenvalue weighted by Gasteiger charge is 2.18. The van der Waals surface area contributed by atoms with Gasteiger partial charge in [0.05, 0.1) is 23.5 Å². The summed E-state index contributed by atoms with van der Waals surface area (Å²) in [6, 6.07) is 11.6. The van der Waals surface area contributed by atoms with Gasteiger partial charge >= 0.3 is 0 Å². The summed E-state index contributed by atoms with van der Waals surface area (Å²) in [4.78, 5) is 23.9. The number of H-pyrrole nitrogens is 1. The lowest BCUT2D eigenvalue weighted by atomic mass is 10.0. The maximum Gasteiger partial charge on any atom is 0.276 e. The molecule has 1 aliphatic rings. The summed E-state index contributed by atoms with van der Waals surface area (Å²) in [5.41, 5.74) is 4.77. The number of carbonyl (C=O) groups is 1. The van der Waals surface area contributed by atoms with E-state index in [0.29, 0.717) is 11.4 Å². The van der Waals surface area contributed by atoms with Crippen molar-refractivity contribution in [1.82, 2.24) is 25.1 Å². The number of nitrogens with zero attached hydrogens (tertiary/aromatic N) is 4. The van der Waals surface area contributed by atoms with Crippen LogP contribution >= 0.6 is 0 Å². The number of aromatic nitrogens is 4. The first-order valence-electron chi connectivity index (χ1n) is 13.4. The van der Waals surface area contributed by atoms with E-state index in [1.54, 1.807) is 25.4 Å². The lowest BCUT2D eigenvalue weighted by Gasteiger charge is -2.29. The van der Waals surface area contributed by atoms with Gasteiger partial charge in [0.1, 0.15) is 5.82 Å². The predicted molar refractivity (Wildman–Crippen MR) is 165 cm³/mol. The second-order valence-corrected chi connectivity index (χ2v) is 8.56. The van der Waals surface area contributed by atoms with E-state index in [1.165, 1.54) is 0 Å². The third-order valence-electron chi connectivity index (χ3n) is 6.15. The second kappa shape index (κ2) is 16.6. The molecule has 1 aliphatic heterocycles. The Kier molecular flexibility index (Phi) is 13.2. The van der Waals surface area contributed by atoms with Crippen molar-refractivity contribution in [3.05, 3.63) is 92.6 Å². The molecule has 4 N–H and O–H groups in total. The van der Waals surface area contributed by atoms with Gasteiger partial charge in [-0.3, -0.25) is 19.8 Å². The molecule has 4 heterocycles. The van der Waals surface area contributed by atoms with Crippen LogP contribution in [0.1, 0.15) is 42.7 Å². The number of benzene rings is 1. The minimum absolute atomic E-state index is 0.183. The van der Waals surface area contributed by atoms with Crippen LogP contribution in [0.4, 0.5) is 11.5 Å². The number of fused-ring (bicyclic) bond motifs is 1. The van der Waals surface area contributed by atoms with Gasteiger partial charge in [-0.15, -0.1) is 26.3 Å². The monoisotopic (exact) mass is 543 g/mol. The van der Waals surface area contributed by atoms with Crippen molar-refractivity contribution in [1.29, 1.82) is 0 Å². The van der Waals surface area contributed by atoms with E-state index in [1.807, 2.05) is 44.4 Å². The van der Waals surface area contributed by atoms with Crippen molar-refractivity contribution < 1.29 is 9.90 Å². The number of nitrogens with one attached hydrogen (secondary N) is 3. The van der Waals surface area contributed by atoms with Crippen molar-refractivity contribution in [3.8, 4) is 11.1 Å². The molecule has 0 radical (unpaired) electrons. The van der Waals surface area contributed by atoms with Gasteiger partial charge in [-0.05, 0) is 54.3 Å². The van der Waals surface area contributed by atoms with Gasteiger partial charge in [-0.1, -0.05) is 19.9 Å². The van der Waals surface area contributed by atoms with E-state index in [2.05, 4.69) is 68.1 Å². The Labute approximate surface area is 237 Å². The molecule has 0 bridgehead atoms. The van der Waals surface area contributed by atoms with Crippen molar-refractivity contribution >= 4 is 28.3 Å². The third kappa shape index (κ3) is 8.33. The molecule has 5 rings (SSSR count). The zero-order chi connectivity index (χ0) is 29.5. The van der Waals surface area contributed by atoms with Crippen molar-refractivity contribution in [2.45, 2.75) is 39.3 Å². The van der Waals surface area contributed by atoms with Crippen LogP contribution in [-0.2, 0) is 6.54 Å². The Hall–Kier alpha value is -4.34. The highest BCUT2D eigenvalue weighted by atomic mass is 16.3. The van der Waals surface area contributed by atoms with Gasteiger partial charge in [0.25, 0.3) is 5.91 Å². The van der Waals surface area contributed by atoms with Crippen molar-refractivity contribution in [2.24, 2.45) is 0 Å². The topological polar surface area (TPSA) is 119 Å². The van der Waals surface area contributed by atoms with Crippen LogP contribution in [0.25, 0.3) is 22.0 Å². The number of aliphatic hydroxyl groups excluding tert-OH is 1. The highest BCUT2D eigenvalue weighted by Crippen LogP contribution is 2.27. The zero-order valence-corrected chi connectivity index (χ0v) is 23.8. The summed E-state index contributed by atoms with van der Waals surface area (Å²) in [7, 11) is 1.79. The molecule has 0 spiro atoms. The van der Waals surface area contributed by atoms with E-state index < -0.39 is 0 Å². The molecular weight excluding hydrogens is 502 g/mol. The molecule has 9 nitrogen and oxygen atoms in total. The number of amides is 1. The number of rotatable bonds is 6. The molecule has 4 aromatic rings. The average Bonchev–Trinajstić information content (AvgIpc) is 3.45. The number of aromatic amines is 1. The fourth-order valence-corrected chi connectivity index (χ4v) is 4.24. The van der Waals surface area contributed by atoms with E-state index in [-0.39, 0.29) is 12.0 Å². The Balaban J connectivity index is 0.000000876. The first-order chi connectivity index (χ1) is 19.6. The normalized spacial score (nSPS) is 13.0. The SMILES string of the molecule is C=C.C=C.CC.CNc1ccc(NC(=O)c2n[nH]c3ccc(-c4cncc(CN5CCC(O)CC5)c4)cc23)cn1. The fourth-order valence-electron chi connectivity index (χ4n) is 4.24. The summed E-state index contributed by atoms with van der Waals surface area (Å²) in [5.74, 6) is 0.420. The van der Waals surface area contributed by atoms with E-state index in [4.69, 9.17) is 0 Å². The van der Waals surface area contributed by atoms with Crippen molar-refractivity contribution in [3.63, 3.8) is 0 Å². The van der Waals surface area contributed by atoms with E-state index in [9.17, 15) is 9.90 Å². The molecule has 1 aromatic carbocycles. The van der Waals surface area contributed by atoms with Crippen LogP contribution in [0.2, 0.25) is 0 Å². The van der Waals surface area contributed by atoms with Crippen LogP contribution in [0.3, 0.4) is 0 Å². The van der Waals surface area contributed by atoms with Crippen LogP contribution in [0.15, 0.2) is 81.3 Å². The highest BCUT2D eigenvalue weighted by molar-refractivity contribution is 6.11. The lowest BCUT2D eigenvalue weighted by molar-refractivity contribution is 0.0792. The molecule has 0 saturated carbocycles. The predicted octanol–water partition coefficient (Wildman–Crippen LogP) is 5.90. The Morgan fingerprint density at radius 2 is 1.75 bits per heavy atom. The van der Waals surface area contributed by atoms with Crippen LogP contribution in [-0.4, -0.2) is 62.3 Å². The first-order valence-corrected chi connectivity index (χ1v) is 13.4. The van der Waals surface area contributed by atoms with Gasteiger partial charge in [0.15, 0.2) is 5.69 Å². The molecule has 0 aliphatic carbocycles. The summed E-state index contributed by atoms with van der Waals surface area (Å²) in [6.45, 7) is 18.6. The number of carbonyl (C=O) groups excluding carboxylic acids is 1. The Bertz CT molecular complexity index is 1330. The molecule has 9 heteroatoms. The summed E-state index contributed by atoms with van der Waals surface area (Å²) >= 11 is 0. The molecule has 0 atom stereocenters. The fraction of sp³-hybridized carbons (Fsp3) is 0.290. The van der Waals surface area contributed by atoms with E-state index in [0.717, 1.165) is 65.9 Å². The lowest BCUT2D eigenvalue weighted by Crippen LogP contribution is -2.35. The van der Waals surface area contributed by atoms with E-state index >= 15 is 0 Å². The van der Waals surface area contributed by atoms with Gasteiger partial charge in [-0.25, -0.2) is 4.98 Å². The zero-order valence-electron chi connectivity index (χ0n) is 23.8. The summed E-state index contributed by atoms with van der Waals surface area (Å²) in [6.07, 6.45) is 6.76.